The van der Waals surface area contributed by atoms with Crippen molar-refractivity contribution in [3.8, 4) is 11.5 Å². The van der Waals surface area contributed by atoms with Gasteiger partial charge >= 0.3 is 6.36 Å². The zero-order valence-corrected chi connectivity index (χ0v) is 9.72. The van der Waals surface area contributed by atoms with Gasteiger partial charge in [-0.2, -0.15) is 0 Å². The summed E-state index contributed by atoms with van der Waals surface area (Å²) in [4.78, 5) is 3.84. The average Bonchev–Trinajstić information content (AvgIpc) is 2.37. The molecule has 0 spiro atoms. The summed E-state index contributed by atoms with van der Waals surface area (Å²) in [6, 6.07) is 8.92. The van der Waals surface area contributed by atoms with Crippen LogP contribution in [0.2, 0.25) is 0 Å². The number of rotatable bonds is 4. The van der Waals surface area contributed by atoms with Crippen LogP contribution in [0, 0.1) is 0 Å². The second-order valence-corrected chi connectivity index (χ2v) is 3.66. The molecule has 0 aliphatic rings. The van der Waals surface area contributed by atoms with E-state index in [2.05, 4.69) is 9.72 Å². The lowest BCUT2D eigenvalue weighted by atomic mass is 10.2. The standard InChI is InChI=1S/C13H10F3NO2/c14-13(15,16)19-12-3-1-10(2-4-12)9-18-11-5-7-17-8-6-11/h1-8H,9H2. The molecule has 0 atom stereocenters. The molecule has 0 saturated carbocycles. The summed E-state index contributed by atoms with van der Waals surface area (Å²) in [5.74, 6) is 0.394. The Hall–Kier alpha value is -2.24. The van der Waals surface area contributed by atoms with E-state index in [0.717, 1.165) is 5.56 Å². The van der Waals surface area contributed by atoms with Crippen molar-refractivity contribution in [3.63, 3.8) is 0 Å². The third-order valence-electron chi connectivity index (χ3n) is 2.21. The molecule has 0 bridgehead atoms. The minimum Gasteiger partial charge on any atom is -0.489 e. The Bertz CT molecular complexity index is 512. The zero-order chi connectivity index (χ0) is 13.7. The minimum absolute atomic E-state index is 0.250. The van der Waals surface area contributed by atoms with Crippen LogP contribution in [0.1, 0.15) is 5.56 Å². The van der Waals surface area contributed by atoms with E-state index < -0.39 is 6.36 Å². The summed E-state index contributed by atoms with van der Waals surface area (Å²) in [5.41, 5.74) is 0.742. The van der Waals surface area contributed by atoms with Gasteiger partial charge in [0.2, 0.25) is 0 Å². The molecule has 0 saturated heterocycles. The number of hydrogen-bond acceptors (Lipinski definition) is 3. The maximum absolute atomic E-state index is 12.0. The number of nitrogens with zero attached hydrogens (tertiary/aromatic N) is 1. The molecule has 0 amide bonds. The van der Waals surface area contributed by atoms with Crippen LogP contribution in [0.3, 0.4) is 0 Å². The van der Waals surface area contributed by atoms with E-state index in [4.69, 9.17) is 4.74 Å². The normalized spacial score (nSPS) is 11.1. The SMILES string of the molecule is FC(F)(F)Oc1ccc(COc2ccncc2)cc1. The molecule has 0 N–H and O–H groups in total. The van der Waals surface area contributed by atoms with Gasteiger partial charge in [0.1, 0.15) is 18.1 Å². The third-order valence-corrected chi connectivity index (χ3v) is 2.21. The molecule has 0 unspecified atom stereocenters. The van der Waals surface area contributed by atoms with Crippen LogP contribution < -0.4 is 9.47 Å². The summed E-state index contributed by atoms with van der Waals surface area (Å²) in [6.45, 7) is 0.260. The van der Waals surface area contributed by atoms with Crippen molar-refractivity contribution < 1.29 is 22.6 Å². The maximum atomic E-state index is 12.0. The first-order valence-corrected chi connectivity index (χ1v) is 5.40. The smallest absolute Gasteiger partial charge is 0.489 e. The topological polar surface area (TPSA) is 31.4 Å². The van der Waals surface area contributed by atoms with Crippen molar-refractivity contribution in [2.24, 2.45) is 0 Å². The van der Waals surface area contributed by atoms with Gasteiger partial charge in [0.25, 0.3) is 0 Å². The van der Waals surface area contributed by atoms with Crippen molar-refractivity contribution in [2.45, 2.75) is 13.0 Å². The first-order chi connectivity index (χ1) is 9.03. The Morgan fingerprint density at radius 2 is 1.53 bits per heavy atom. The fraction of sp³-hybridized carbons (Fsp3) is 0.154. The second kappa shape index (κ2) is 5.60. The van der Waals surface area contributed by atoms with Crippen LogP contribution in [0.25, 0.3) is 0 Å². The van der Waals surface area contributed by atoms with Crippen LogP contribution in [-0.2, 0) is 6.61 Å². The maximum Gasteiger partial charge on any atom is 0.573 e. The Labute approximate surface area is 107 Å². The molecule has 2 rings (SSSR count). The van der Waals surface area contributed by atoms with Crippen molar-refractivity contribution >= 4 is 0 Å². The quantitative estimate of drug-likeness (QED) is 0.850. The molecule has 1 heterocycles. The van der Waals surface area contributed by atoms with Gasteiger partial charge in [-0.1, -0.05) is 12.1 Å². The molecule has 0 aliphatic heterocycles. The molecule has 19 heavy (non-hydrogen) atoms. The monoisotopic (exact) mass is 269 g/mol. The number of aromatic nitrogens is 1. The third kappa shape index (κ3) is 4.50. The first kappa shape index (κ1) is 13.2. The zero-order valence-electron chi connectivity index (χ0n) is 9.72. The fourth-order valence-electron chi connectivity index (χ4n) is 1.39. The molecule has 6 heteroatoms. The van der Waals surface area contributed by atoms with Gasteiger partial charge in [0.05, 0.1) is 0 Å². The van der Waals surface area contributed by atoms with Crippen molar-refractivity contribution in [2.75, 3.05) is 0 Å². The molecule has 0 aliphatic carbocycles. The number of hydrogen-bond donors (Lipinski definition) is 0. The number of alkyl halides is 3. The minimum atomic E-state index is -4.67. The number of benzene rings is 1. The van der Waals surface area contributed by atoms with E-state index in [0.29, 0.717) is 5.75 Å². The molecule has 0 radical (unpaired) electrons. The lowest BCUT2D eigenvalue weighted by molar-refractivity contribution is -0.274. The van der Waals surface area contributed by atoms with Crippen molar-refractivity contribution in [1.29, 1.82) is 0 Å². The van der Waals surface area contributed by atoms with Gasteiger partial charge in [-0.05, 0) is 29.8 Å². The summed E-state index contributed by atoms with van der Waals surface area (Å²) in [6.07, 6.45) is -1.49. The second-order valence-electron chi connectivity index (χ2n) is 3.66. The predicted octanol–water partition coefficient (Wildman–Crippen LogP) is 3.56. The molecule has 1 aromatic heterocycles. The van der Waals surface area contributed by atoms with E-state index in [1.165, 1.54) is 24.3 Å². The van der Waals surface area contributed by atoms with Gasteiger partial charge in [0, 0.05) is 12.4 Å². The molecular formula is C13H10F3NO2. The van der Waals surface area contributed by atoms with Gasteiger partial charge in [-0.15, -0.1) is 13.2 Å². The summed E-state index contributed by atoms with van der Waals surface area (Å²) < 4.78 is 45.1. The predicted molar refractivity (Wildman–Crippen MR) is 61.7 cm³/mol. The molecule has 1 aromatic carbocycles. The van der Waals surface area contributed by atoms with Gasteiger partial charge < -0.3 is 9.47 Å². The van der Waals surface area contributed by atoms with E-state index in [1.54, 1.807) is 24.5 Å². The van der Waals surface area contributed by atoms with E-state index >= 15 is 0 Å². The molecule has 100 valence electrons. The van der Waals surface area contributed by atoms with Gasteiger partial charge in [-0.3, -0.25) is 4.98 Å². The van der Waals surface area contributed by atoms with E-state index in [-0.39, 0.29) is 12.4 Å². The lowest BCUT2D eigenvalue weighted by Crippen LogP contribution is -2.17. The Morgan fingerprint density at radius 1 is 0.895 bits per heavy atom. The highest BCUT2D eigenvalue weighted by Crippen LogP contribution is 2.23. The van der Waals surface area contributed by atoms with Gasteiger partial charge in [0.15, 0.2) is 0 Å². The number of halogens is 3. The van der Waals surface area contributed by atoms with Crippen molar-refractivity contribution in [3.05, 3.63) is 54.4 Å². The van der Waals surface area contributed by atoms with Crippen LogP contribution in [-0.4, -0.2) is 11.3 Å². The fourth-order valence-corrected chi connectivity index (χ4v) is 1.39. The Morgan fingerprint density at radius 3 is 2.11 bits per heavy atom. The molecule has 2 aromatic rings. The highest BCUT2D eigenvalue weighted by atomic mass is 19.4. The van der Waals surface area contributed by atoms with Crippen LogP contribution >= 0.6 is 0 Å². The highest BCUT2D eigenvalue weighted by molar-refractivity contribution is 5.27. The summed E-state index contributed by atoms with van der Waals surface area (Å²) in [5, 5.41) is 0. The largest absolute Gasteiger partial charge is 0.573 e. The lowest BCUT2D eigenvalue weighted by Gasteiger charge is -2.09. The van der Waals surface area contributed by atoms with Crippen LogP contribution in [0.15, 0.2) is 48.8 Å². The average molecular weight is 269 g/mol. The first-order valence-electron chi connectivity index (χ1n) is 5.40. The highest BCUT2D eigenvalue weighted by Gasteiger charge is 2.30. The summed E-state index contributed by atoms with van der Waals surface area (Å²) >= 11 is 0. The number of pyridine rings is 1. The Kier molecular flexibility index (Phi) is 3.89. The molecule has 3 nitrogen and oxygen atoms in total. The number of ether oxygens (including phenoxy) is 2. The molecular weight excluding hydrogens is 259 g/mol. The van der Waals surface area contributed by atoms with Crippen molar-refractivity contribution in [1.82, 2.24) is 4.98 Å². The molecule has 0 fully saturated rings. The van der Waals surface area contributed by atoms with Crippen LogP contribution in [0.4, 0.5) is 13.2 Å². The van der Waals surface area contributed by atoms with E-state index in [1.807, 2.05) is 0 Å². The van der Waals surface area contributed by atoms with Gasteiger partial charge in [-0.25, -0.2) is 0 Å². The van der Waals surface area contributed by atoms with Crippen LogP contribution in [0.5, 0.6) is 11.5 Å². The summed E-state index contributed by atoms with van der Waals surface area (Å²) in [7, 11) is 0. The Balaban J connectivity index is 1.92. The van der Waals surface area contributed by atoms with E-state index in [9.17, 15) is 13.2 Å².